The number of urea groups is 1. The second-order valence-electron chi connectivity index (χ2n) is 6.17. The SMILES string of the molecule is CC(C)(C)C(NC(=O)NCc1ccsc1)c1ccccc1. The summed E-state index contributed by atoms with van der Waals surface area (Å²) in [5, 5.41) is 10.1. The monoisotopic (exact) mass is 302 g/mol. The van der Waals surface area contributed by atoms with Gasteiger partial charge in [0, 0.05) is 6.54 Å². The molecule has 2 N–H and O–H groups in total. The molecule has 2 aromatic rings. The Bertz CT molecular complexity index is 558. The number of benzene rings is 1. The molecule has 0 aliphatic heterocycles. The van der Waals surface area contributed by atoms with E-state index in [0.29, 0.717) is 6.54 Å². The molecular weight excluding hydrogens is 280 g/mol. The van der Waals surface area contributed by atoms with Crippen molar-refractivity contribution in [3.05, 3.63) is 58.3 Å². The van der Waals surface area contributed by atoms with Crippen LogP contribution in [0.5, 0.6) is 0 Å². The van der Waals surface area contributed by atoms with Crippen LogP contribution in [-0.4, -0.2) is 6.03 Å². The van der Waals surface area contributed by atoms with Crippen LogP contribution in [0.25, 0.3) is 0 Å². The Kier molecular flexibility index (Phi) is 5.02. The number of hydrogen-bond donors (Lipinski definition) is 2. The predicted octanol–water partition coefficient (Wildman–Crippen LogP) is 4.33. The van der Waals surface area contributed by atoms with Crippen LogP contribution in [0.3, 0.4) is 0 Å². The van der Waals surface area contributed by atoms with E-state index < -0.39 is 0 Å². The second kappa shape index (κ2) is 6.76. The Balaban J connectivity index is 2.00. The van der Waals surface area contributed by atoms with Gasteiger partial charge in [0.15, 0.2) is 0 Å². The van der Waals surface area contributed by atoms with Crippen molar-refractivity contribution in [3.8, 4) is 0 Å². The highest BCUT2D eigenvalue weighted by Crippen LogP contribution is 2.32. The molecule has 0 bridgehead atoms. The largest absolute Gasteiger partial charge is 0.334 e. The zero-order valence-corrected chi connectivity index (χ0v) is 13.5. The Labute approximate surface area is 130 Å². The van der Waals surface area contributed by atoms with E-state index >= 15 is 0 Å². The number of nitrogens with one attached hydrogen (secondary N) is 2. The zero-order valence-electron chi connectivity index (χ0n) is 12.7. The molecule has 1 heterocycles. The van der Waals surface area contributed by atoms with Gasteiger partial charge in [0.2, 0.25) is 0 Å². The minimum Gasteiger partial charge on any atom is -0.334 e. The summed E-state index contributed by atoms with van der Waals surface area (Å²) in [6, 6.07) is 11.9. The van der Waals surface area contributed by atoms with Crippen LogP contribution in [0.1, 0.15) is 37.9 Å². The lowest BCUT2D eigenvalue weighted by Gasteiger charge is -2.32. The first kappa shape index (κ1) is 15.6. The van der Waals surface area contributed by atoms with Gasteiger partial charge in [-0.15, -0.1) is 0 Å². The third kappa shape index (κ3) is 4.60. The summed E-state index contributed by atoms with van der Waals surface area (Å²) in [6.45, 7) is 6.94. The van der Waals surface area contributed by atoms with Gasteiger partial charge in [0.25, 0.3) is 0 Å². The molecule has 2 rings (SSSR count). The highest BCUT2D eigenvalue weighted by Gasteiger charge is 2.27. The summed E-state index contributed by atoms with van der Waals surface area (Å²) >= 11 is 1.63. The number of carbonyl (C=O) groups is 1. The summed E-state index contributed by atoms with van der Waals surface area (Å²) in [4.78, 5) is 12.1. The Hall–Kier alpha value is -1.81. The first-order valence-electron chi connectivity index (χ1n) is 7.07. The molecule has 0 aliphatic rings. The summed E-state index contributed by atoms with van der Waals surface area (Å²) in [6.07, 6.45) is 0. The van der Waals surface area contributed by atoms with Gasteiger partial charge in [-0.3, -0.25) is 0 Å². The fraction of sp³-hybridized carbons (Fsp3) is 0.353. The van der Waals surface area contributed by atoms with Crippen molar-refractivity contribution in [2.45, 2.75) is 33.4 Å². The van der Waals surface area contributed by atoms with E-state index in [4.69, 9.17) is 0 Å². The minimum absolute atomic E-state index is 0.0267. The molecule has 1 atom stereocenters. The third-order valence-corrected chi connectivity index (χ3v) is 4.04. The van der Waals surface area contributed by atoms with Crippen molar-refractivity contribution in [2.24, 2.45) is 5.41 Å². The lowest BCUT2D eigenvalue weighted by Crippen LogP contribution is -2.42. The number of amides is 2. The summed E-state index contributed by atoms with van der Waals surface area (Å²) in [5.74, 6) is 0. The van der Waals surface area contributed by atoms with Gasteiger partial charge < -0.3 is 10.6 Å². The third-order valence-electron chi connectivity index (χ3n) is 3.31. The van der Waals surface area contributed by atoms with E-state index in [1.807, 2.05) is 35.0 Å². The molecular formula is C17H22N2OS. The van der Waals surface area contributed by atoms with Crippen molar-refractivity contribution < 1.29 is 4.79 Å². The topological polar surface area (TPSA) is 41.1 Å². The van der Waals surface area contributed by atoms with Crippen LogP contribution < -0.4 is 10.6 Å². The molecule has 0 aliphatic carbocycles. The van der Waals surface area contributed by atoms with Crippen molar-refractivity contribution in [1.29, 1.82) is 0 Å². The average molecular weight is 302 g/mol. The molecule has 0 fully saturated rings. The first-order valence-corrected chi connectivity index (χ1v) is 8.01. The normalized spacial score (nSPS) is 12.7. The van der Waals surface area contributed by atoms with E-state index in [-0.39, 0.29) is 17.5 Å². The van der Waals surface area contributed by atoms with E-state index in [1.54, 1.807) is 11.3 Å². The molecule has 1 aromatic heterocycles. The molecule has 0 saturated heterocycles. The second-order valence-corrected chi connectivity index (χ2v) is 6.95. The fourth-order valence-corrected chi connectivity index (χ4v) is 2.87. The molecule has 0 spiro atoms. The maximum absolute atomic E-state index is 12.1. The van der Waals surface area contributed by atoms with Crippen LogP contribution in [-0.2, 0) is 6.54 Å². The van der Waals surface area contributed by atoms with Crippen LogP contribution >= 0.6 is 11.3 Å². The van der Waals surface area contributed by atoms with Crippen LogP contribution in [0, 0.1) is 5.41 Å². The molecule has 1 aromatic carbocycles. The molecule has 4 heteroatoms. The van der Waals surface area contributed by atoms with Crippen molar-refractivity contribution >= 4 is 17.4 Å². The maximum atomic E-state index is 12.1. The van der Waals surface area contributed by atoms with Gasteiger partial charge in [-0.25, -0.2) is 4.79 Å². The molecule has 0 radical (unpaired) electrons. The summed E-state index contributed by atoms with van der Waals surface area (Å²) in [7, 11) is 0. The standard InChI is InChI=1S/C17H22N2OS/c1-17(2,3)15(14-7-5-4-6-8-14)19-16(20)18-11-13-9-10-21-12-13/h4-10,12,15H,11H2,1-3H3,(H2,18,19,20). The Morgan fingerprint density at radius 2 is 1.90 bits per heavy atom. The molecule has 21 heavy (non-hydrogen) atoms. The van der Waals surface area contributed by atoms with Gasteiger partial charge in [-0.2, -0.15) is 11.3 Å². The lowest BCUT2D eigenvalue weighted by atomic mass is 9.82. The van der Waals surface area contributed by atoms with E-state index in [2.05, 4.69) is 43.5 Å². The molecule has 2 amide bonds. The van der Waals surface area contributed by atoms with Crippen molar-refractivity contribution in [2.75, 3.05) is 0 Å². The minimum atomic E-state index is -0.134. The van der Waals surface area contributed by atoms with E-state index in [9.17, 15) is 4.79 Å². The summed E-state index contributed by atoms with van der Waals surface area (Å²) in [5.41, 5.74) is 2.19. The van der Waals surface area contributed by atoms with Gasteiger partial charge in [0.1, 0.15) is 0 Å². The summed E-state index contributed by atoms with van der Waals surface area (Å²) < 4.78 is 0. The zero-order chi connectivity index (χ0) is 15.3. The molecule has 0 saturated carbocycles. The quantitative estimate of drug-likeness (QED) is 0.867. The van der Waals surface area contributed by atoms with Crippen LogP contribution in [0.4, 0.5) is 4.79 Å². The number of carbonyl (C=O) groups excluding carboxylic acids is 1. The van der Waals surface area contributed by atoms with Gasteiger partial charge >= 0.3 is 6.03 Å². The number of thiophene rings is 1. The average Bonchev–Trinajstić information content (AvgIpc) is 2.95. The van der Waals surface area contributed by atoms with E-state index in [0.717, 1.165) is 11.1 Å². The van der Waals surface area contributed by atoms with Gasteiger partial charge in [-0.05, 0) is 33.4 Å². The van der Waals surface area contributed by atoms with Crippen LogP contribution in [0.15, 0.2) is 47.2 Å². The Morgan fingerprint density at radius 1 is 1.19 bits per heavy atom. The van der Waals surface area contributed by atoms with E-state index in [1.165, 1.54) is 0 Å². The molecule has 3 nitrogen and oxygen atoms in total. The van der Waals surface area contributed by atoms with Crippen LogP contribution in [0.2, 0.25) is 0 Å². The molecule has 1 unspecified atom stereocenters. The van der Waals surface area contributed by atoms with Crippen molar-refractivity contribution in [3.63, 3.8) is 0 Å². The Morgan fingerprint density at radius 3 is 2.48 bits per heavy atom. The predicted molar refractivity (Wildman–Crippen MR) is 88.3 cm³/mol. The smallest absolute Gasteiger partial charge is 0.315 e. The number of rotatable bonds is 4. The first-order chi connectivity index (χ1) is 9.97. The number of hydrogen-bond acceptors (Lipinski definition) is 2. The maximum Gasteiger partial charge on any atom is 0.315 e. The van der Waals surface area contributed by atoms with Crippen molar-refractivity contribution in [1.82, 2.24) is 10.6 Å². The lowest BCUT2D eigenvalue weighted by molar-refractivity contribution is 0.218. The highest BCUT2D eigenvalue weighted by atomic mass is 32.1. The fourth-order valence-electron chi connectivity index (χ4n) is 2.20. The highest BCUT2D eigenvalue weighted by molar-refractivity contribution is 7.07. The molecule has 112 valence electrons. The van der Waals surface area contributed by atoms with Gasteiger partial charge in [-0.1, -0.05) is 51.1 Å². The van der Waals surface area contributed by atoms with Gasteiger partial charge in [0.05, 0.1) is 6.04 Å².